The Hall–Kier alpha value is -2.42. The molecule has 0 radical (unpaired) electrons. The molecule has 1 aromatic carbocycles. The Morgan fingerprint density at radius 3 is 2.79 bits per heavy atom. The highest BCUT2D eigenvalue weighted by Gasteiger charge is 2.19. The fraction of sp³-hybridized carbons (Fsp3) is 0.467. The minimum atomic E-state index is -0.683. The van der Waals surface area contributed by atoms with Gasteiger partial charge in [0.2, 0.25) is 5.75 Å². The Morgan fingerprint density at radius 1 is 1.46 bits per heavy atom. The Labute approximate surface area is 145 Å². The third-order valence-corrected chi connectivity index (χ3v) is 4.02. The van der Waals surface area contributed by atoms with Crippen molar-refractivity contribution in [1.82, 2.24) is 10.7 Å². The Balaban J connectivity index is 1.99. The summed E-state index contributed by atoms with van der Waals surface area (Å²) >= 11 is 5.18. The van der Waals surface area contributed by atoms with E-state index in [1.807, 2.05) is 0 Å². The third-order valence-electron chi connectivity index (χ3n) is 3.81. The Morgan fingerprint density at radius 2 is 2.17 bits per heavy atom. The second-order valence-corrected chi connectivity index (χ2v) is 5.93. The zero-order chi connectivity index (χ0) is 17.5. The van der Waals surface area contributed by atoms with Crippen LogP contribution in [0.4, 0.5) is 5.69 Å². The molecule has 0 heterocycles. The van der Waals surface area contributed by atoms with Crippen molar-refractivity contribution in [2.75, 3.05) is 7.11 Å². The van der Waals surface area contributed by atoms with Gasteiger partial charge in [-0.05, 0) is 31.1 Å². The molecule has 1 aliphatic rings. The predicted molar refractivity (Wildman–Crippen MR) is 94.6 cm³/mol. The zero-order valence-electron chi connectivity index (χ0n) is 13.3. The molecule has 1 aliphatic carbocycles. The fourth-order valence-electron chi connectivity index (χ4n) is 2.61. The molecule has 1 aromatic rings. The summed E-state index contributed by atoms with van der Waals surface area (Å²) < 4.78 is 4.93. The minimum Gasteiger partial charge on any atom is -0.500 e. The summed E-state index contributed by atoms with van der Waals surface area (Å²) in [6, 6.07) is 3.02. The summed E-state index contributed by atoms with van der Waals surface area (Å²) in [5, 5.41) is 28.3. The first-order chi connectivity index (χ1) is 11.5. The highest BCUT2D eigenvalue weighted by atomic mass is 32.1. The minimum absolute atomic E-state index is 0.00792. The molecule has 0 aliphatic heterocycles. The number of ether oxygens (including phenoxy) is 1. The molecule has 2 rings (SSSR count). The van der Waals surface area contributed by atoms with Crippen LogP contribution in [0.3, 0.4) is 0 Å². The van der Waals surface area contributed by atoms with Crippen LogP contribution in [-0.2, 0) is 0 Å². The summed E-state index contributed by atoms with van der Waals surface area (Å²) in [5.74, 6) is -0.504. The molecule has 0 saturated heterocycles. The van der Waals surface area contributed by atoms with Gasteiger partial charge in [0.1, 0.15) is 0 Å². The monoisotopic (exact) mass is 352 g/mol. The van der Waals surface area contributed by atoms with Crippen LogP contribution in [0.15, 0.2) is 17.2 Å². The molecule has 130 valence electrons. The van der Waals surface area contributed by atoms with Crippen LogP contribution in [-0.4, -0.2) is 34.5 Å². The van der Waals surface area contributed by atoms with Crippen molar-refractivity contribution in [3.63, 3.8) is 0 Å². The van der Waals surface area contributed by atoms with Gasteiger partial charge >= 0.3 is 5.69 Å². The number of nitro groups is 1. The van der Waals surface area contributed by atoms with Crippen molar-refractivity contribution in [1.29, 1.82) is 0 Å². The van der Waals surface area contributed by atoms with Gasteiger partial charge in [-0.2, -0.15) is 5.10 Å². The summed E-state index contributed by atoms with van der Waals surface area (Å²) in [6.45, 7) is 0. The van der Waals surface area contributed by atoms with Gasteiger partial charge in [-0.1, -0.05) is 19.3 Å². The van der Waals surface area contributed by atoms with Crippen LogP contribution >= 0.6 is 12.2 Å². The molecule has 0 atom stereocenters. The van der Waals surface area contributed by atoms with E-state index < -0.39 is 16.4 Å². The predicted octanol–water partition coefficient (Wildman–Crippen LogP) is 2.44. The van der Waals surface area contributed by atoms with Crippen LogP contribution in [0.5, 0.6) is 11.5 Å². The third kappa shape index (κ3) is 4.79. The average molecular weight is 352 g/mol. The Kier molecular flexibility index (Phi) is 6.30. The first-order valence-electron chi connectivity index (χ1n) is 7.66. The van der Waals surface area contributed by atoms with Crippen molar-refractivity contribution < 1.29 is 14.8 Å². The normalized spacial score (nSPS) is 15.2. The maximum Gasteiger partial charge on any atom is 0.315 e. The van der Waals surface area contributed by atoms with Gasteiger partial charge in [0.25, 0.3) is 0 Å². The maximum absolute atomic E-state index is 10.9. The Bertz CT molecular complexity index is 645. The molecular formula is C15H20N4O4S. The highest BCUT2D eigenvalue weighted by Crippen LogP contribution is 2.36. The molecule has 0 spiro atoms. The lowest BCUT2D eigenvalue weighted by Gasteiger charge is -2.23. The smallest absolute Gasteiger partial charge is 0.315 e. The molecule has 0 amide bonds. The molecule has 0 bridgehead atoms. The molecule has 24 heavy (non-hydrogen) atoms. The first-order valence-corrected chi connectivity index (χ1v) is 8.07. The van der Waals surface area contributed by atoms with Crippen LogP contribution < -0.4 is 15.5 Å². The second-order valence-electron chi connectivity index (χ2n) is 5.53. The summed E-state index contributed by atoms with van der Waals surface area (Å²) in [7, 11) is 1.32. The number of rotatable bonds is 5. The van der Waals surface area contributed by atoms with Crippen molar-refractivity contribution in [3.8, 4) is 11.5 Å². The van der Waals surface area contributed by atoms with Gasteiger partial charge in [-0.25, -0.2) is 0 Å². The molecule has 3 N–H and O–H groups in total. The van der Waals surface area contributed by atoms with E-state index in [1.165, 1.54) is 44.7 Å². The fourth-order valence-corrected chi connectivity index (χ4v) is 2.83. The van der Waals surface area contributed by atoms with Crippen LogP contribution in [0.25, 0.3) is 0 Å². The van der Waals surface area contributed by atoms with E-state index in [0.29, 0.717) is 16.7 Å². The first kappa shape index (κ1) is 17.9. The van der Waals surface area contributed by atoms with E-state index in [1.54, 1.807) is 0 Å². The van der Waals surface area contributed by atoms with Gasteiger partial charge in [-0.15, -0.1) is 0 Å². The number of hydrogen-bond acceptors (Lipinski definition) is 6. The summed E-state index contributed by atoms with van der Waals surface area (Å²) in [6.07, 6.45) is 7.21. The molecule has 0 unspecified atom stereocenters. The van der Waals surface area contributed by atoms with E-state index in [2.05, 4.69) is 15.8 Å². The number of aromatic hydroxyl groups is 1. The zero-order valence-corrected chi connectivity index (χ0v) is 14.1. The van der Waals surface area contributed by atoms with E-state index >= 15 is 0 Å². The van der Waals surface area contributed by atoms with E-state index in [4.69, 9.17) is 17.0 Å². The van der Waals surface area contributed by atoms with Crippen LogP contribution in [0.2, 0.25) is 0 Å². The van der Waals surface area contributed by atoms with Crippen LogP contribution in [0, 0.1) is 10.1 Å². The van der Waals surface area contributed by atoms with E-state index in [-0.39, 0.29) is 5.75 Å². The quantitative estimate of drug-likeness (QED) is 0.323. The highest BCUT2D eigenvalue weighted by molar-refractivity contribution is 7.80. The van der Waals surface area contributed by atoms with Gasteiger partial charge in [0.15, 0.2) is 10.9 Å². The number of thiocarbonyl (C=S) groups is 1. The number of nitrogens with zero attached hydrogens (tertiary/aromatic N) is 2. The number of hydrazone groups is 1. The molecule has 9 heteroatoms. The number of benzene rings is 1. The van der Waals surface area contributed by atoms with Crippen molar-refractivity contribution in [2.45, 2.75) is 38.1 Å². The van der Waals surface area contributed by atoms with E-state index in [9.17, 15) is 15.2 Å². The van der Waals surface area contributed by atoms with Gasteiger partial charge in [0.05, 0.1) is 18.2 Å². The molecular weight excluding hydrogens is 332 g/mol. The number of nitrogens with one attached hydrogen (secondary N) is 2. The second kappa shape index (κ2) is 8.44. The van der Waals surface area contributed by atoms with Crippen molar-refractivity contribution in [3.05, 3.63) is 27.8 Å². The van der Waals surface area contributed by atoms with Gasteiger partial charge in [0, 0.05) is 17.7 Å². The van der Waals surface area contributed by atoms with Gasteiger partial charge in [-0.3, -0.25) is 15.5 Å². The number of hydrogen-bond donors (Lipinski definition) is 3. The molecule has 0 aromatic heterocycles. The lowest BCUT2D eigenvalue weighted by molar-refractivity contribution is -0.386. The summed E-state index contributed by atoms with van der Waals surface area (Å²) in [4.78, 5) is 10.3. The SMILES string of the molecule is COc1cc(/C=N\NC(=S)NC2CCCCC2)cc([N+](=O)[O-])c1O. The molecule has 1 fully saturated rings. The standard InChI is InChI=1S/C15H20N4O4S/c1-23-13-8-10(7-12(14(13)20)19(21)22)9-16-18-15(24)17-11-5-3-2-4-6-11/h7-9,11,20H,2-6H2,1H3,(H2,17,18,24)/b16-9-. The number of methoxy groups -OCH3 is 1. The largest absolute Gasteiger partial charge is 0.500 e. The molecule has 8 nitrogen and oxygen atoms in total. The number of phenolic OH excluding ortho intramolecular Hbond substituents is 1. The average Bonchev–Trinajstić information content (AvgIpc) is 2.56. The number of nitro benzene ring substituents is 1. The maximum atomic E-state index is 10.9. The lowest BCUT2D eigenvalue weighted by Crippen LogP contribution is -2.40. The lowest BCUT2D eigenvalue weighted by atomic mass is 9.96. The molecule has 1 saturated carbocycles. The van der Waals surface area contributed by atoms with Gasteiger partial charge < -0.3 is 15.2 Å². The van der Waals surface area contributed by atoms with Crippen molar-refractivity contribution in [2.24, 2.45) is 5.10 Å². The van der Waals surface area contributed by atoms with Crippen molar-refractivity contribution >= 4 is 29.2 Å². The number of phenols is 1. The summed E-state index contributed by atoms with van der Waals surface area (Å²) in [5.41, 5.74) is 2.66. The topological polar surface area (TPSA) is 109 Å². The van der Waals surface area contributed by atoms with E-state index in [0.717, 1.165) is 12.8 Å². The van der Waals surface area contributed by atoms with Crippen LogP contribution in [0.1, 0.15) is 37.7 Å².